The number of rotatable bonds is 10. The summed E-state index contributed by atoms with van der Waals surface area (Å²) in [6, 6.07) is 0. The minimum atomic E-state index is 0. The highest BCUT2D eigenvalue weighted by Crippen LogP contribution is 1.94. The molecule has 0 spiro atoms. The average molecular weight is 398 g/mol. The molecule has 0 saturated heterocycles. The summed E-state index contributed by atoms with van der Waals surface area (Å²) in [5.74, 6) is 0.948. The molecule has 0 atom stereocenters. The van der Waals surface area contributed by atoms with E-state index in [0.29, 0.717) is 0 Å². The number of likely N-dealkylation sites (N-methyl/N-ethyl adjacent to an activating group) is 1. The van der Waals surface area contributed by atoms with Crippen molar-refractivity contribution in [3.63, 3.8) is 0 Å². The molecule has 0 aromatic carbocycles. The number of nitrogens with one attached hydrogen (secondary N) is 1. The summed E-state index contributed by atoms with van der Waals surface area (Å²) in [5, 5.41) is 3.37. The van der Waals surface area contributed by atoms with Crippen LogP contribution in [0.3, 0.4) is 0 Å². The van der Waals surface area contributed by atoms with Crippen molar-refractivity contribution in [1.29, 1.82) is 0 Å². The Labute approximate surface area is 141 Å². The van der Waals surface area contributed by atoms with Gasteiger partial charge in [0.1, 0.15) is 0 Å². The van der Waals surface area contributed by atoms with Gasteiger partial charge in [0, 0.05) is 47.4 Å². The second kappa shape index (κ2) is 15.1. The topological polar surface area (TPSA) is 40.1 Å². The first-order valence-electron chi connectivity index (χ1n) is 6.85. The second-order valence-electron chi connectivity index (χ2n) is 4.62. The van der Waals surface area contributed by atoms with Crippen LogP contribution in [0.25, 0.3) is 0 Å². The molecular formula is C14H31IN4O. The molecule has 0 amide bonds. The molecule has 120 valence electrons. The van der Waals surface area contributed by atoms with E-state index >= 15 is 0 Å². The van der Waals surface area contributed by atoms with Crippen molar-refractivity contribution in [3.8, 4) is 0 Å². The molecule has 0 bridgehead atoms. The van der Waals surface area contributed by atoms with Crippen molar-refractivity contribution in [2.75, 3.05) is 61.0 Å². The first-order chi connectivity index (χ1) is 9.15. The Kier molecular flexibility index (Phi) is 16.5. The number of hydrogen-bond donors (Lipinski definition) is 1. The van der Waals surface area contributed by atoms with Crippen molar-refractivity contribution in [2.45, 2.75) is 12.8 Å². The Morgan fingerprint density at radius 3 is 2.55 bits per heavy atom. The molecule has 0 aromatic rings. The zero-order chi connectivity index (χ0) is 14.5. The molecule has 0 aliphatic heterocycles. The van der Waals surface area contributed by atoms with Crippen LogP contribution in [0.15, 0.2) is 17.6 Å². The standard InChI is InChI=1S/C14H30N4O.HI/c1-6-7-8-10-18(4)14(15-2)16-9-11-17(3)12-13-19-5;/h6H,1,7-13H2,2-5H3,(H,15,16);1H. The molecule has 1 N–H and O–H groups in total. The lowest BCUT2D eigenvalue weighted by molar-refractivity contribution is 0.162. The van der Waals surface area contributed by atoms with Gasteiger partial charge < -0.3 is 19.9 Å². The highest BCUT2D eigenvalue weighted by atomic mass is 127. The zero-order valence-electron chi connectivity index (χ0n) is 13.4. The van der Waals surface area contributed by atoms with E-state index < -0.39 is 0 Å². The third-order valence-electron chi connectivity index (χ3n) is 2.93. The van der Waals surface area contributed by atoms with E-state index in [0.717, 1.165) is 51.6 Å². The van der Waals surface area contributed by atoms with E-state index in [1.165, 1.54) is 0 Å². The zero-order valence-corrected chi connectivity index (χ0v) is 15.7. The normalized spacial score (nSPS) is 11.2. The van der Waals surface area contributed by atoms with Gasteiger partial charge in [0.25, 0.3) is 0 Å². The highest BCUT2D eigenvalue weighted by Gasteiger charge is 2.05. The number of methoxy groups -OCH3 is 1. The van der Waals surface area contributed by atoms with Gasteiger partial charge in [-0.2, -0.15) is 0 Å². The Morgan fingerprint density at radius 2 is 2.00 bits per heavy atom. The van der Waals surface area contributed by atoms with Gasteiger partial charge in [0.05, 0.1) is 6.61 Å². The Bertz CT molecular complexity index is 262. The molecule has 0 rings (SSSR count). The van der Waals surface area contributed by atoms with Crippen molar-refractivity contribution in [3.05, 3.63) is 12.7 Å². The van der Waals surface area contributed by atoms with Crippen LogP contribution in [-0.4, -0.2) is 76.8 Å². The van der Waals surface area contributed by atoms with Gasteiger partial charge in [-0.3, -0.25) is 4.99 Å². The van der Waals surface area contributed by atoms with Crippen molar-refractivity contribution in [1.82, 2.24) is 15.1 Å². The maximum absolute atomic E-state index is 5.05. The van der Waals surface area contributed by atoms with Crippen LogP contribution in [0.1, 0.15) is 12.8 Å². The first kappa shape index (κ1) is 21.9. The maximum Gasteiger partial charge on any atom is 0.193 e. The summed E-state index contributed by atoms with van der Waals surface area (Å²) in [6.07, 6.45) is 4.10. The van der Waals surface area contributed by atoms with E-state index in [4.69, 9.17) is 4.74 Å². The minimum Gasteiger partial charge on any atom is -0.383 e. The van der Waals surface area contributed by atoms with E-state index in [1.54, 1.807) is 7.11 Å². The predicted molar refractivity (Wildman–Crippen MR) is 98.2 cm³/mol. The SMILES string of the molecule is C=CCCCN(C)C(=NC)NCCN(C)CCOC.I. The molecule has 5 nitrogen and oxygen atoms in total. The first-order valence-corrected chi connectivity index (χ1v) is 6.85. The van der Waals surface area contributed by atoms with Crippen LogP contribution in [-0.2, 0) is 4.74 Å². The van der Waals surface area contributed by atoms with Gasteiger partial charge in [0.15, 0.2) is 5.96 Å². The number of hydrogen-bond acceptors (Lipinski definition) is 3. The van der Waals surface area contributed by atoms with Crippen LogP contribution in [0.5, 0.6) is 0 Å². The summed E-state index contributed by atoms with van der Waals surface area (Å²) >= 11 is 0. The molecule has 0 aromatic heterocycles. The molecule has 0 aliphatic carbocycles. The number of allylic oxidation sites excluding steroid dienone is 1. The molecule has 20 heavy (non-hydrogen) atoms. The number of unbranched alkanes of at least 4 members (excludes halogenated alkanes) is 1. The molecule has 0 aliphatic rings. The van der Waals surface area contributed by atoms with Gasteiger partial charge in [0.2, 0.25) is 0 Å². The number of guanidine groups is 1. The molecule has 0 saturated carbocycles. The summed E-state index contributed by atoms with van der Waals surface area (Å²) in [4.78, 5) is 8.68. The van der Waals surface area contributed by atoms with Crippen LogP contribution in [0.4, 0.5) is 0 Å². The number of ether oxygens (including phenoxy) is 1. The number of aliphatic imine (C=N–C) groups is 1. The molecule has 0 unspecified atom stereocenters. The maximum atomic E-state index is 5.05. The van der Waals surface area contributed by atoms with Crippen molar-refractivity contribution < 1.29 is 4.74 Å². The van der Waals surface area contributed by atoms with Crippen LogP contribution in [0, 0.1) is 0 Å². The van der Waals surface area contributed by atoms with Gasteiger partial charge in [-0.05, 0) is 19.9 Å². The van der Waals surface area contributed by atoms with Crippen molar-refractivity contribution in [2.24, 2.45) is 4.99 Å². The van der Waals surface area contributed by atoms with Crippen LogP contribution >= 0.6 is 24.0 Å². The Morgan fingerprint density at radius 1 is 1.30 bits per heavy atom. The van der Waals surface area contributed by atoms with Gasteiger partial charge >= 0.3 is 0 Å². The van der Waals surface area contributed by atoms with Gasteiger partial charge in [-0.15, -0.1) is 30.6 Å². The van der Waals surface area contributed by atoms with Gasteiger partial charge in [-0.25, -0.2) is 0 Å². The summed E-state index contributed by atoms with van der Waals surface area (Å²) < 4.78 is 5.05. The smallest absolute Gasteiger partial charge is 0.193 e. The third kappa shape index (κ3) is 11.5. The molecule has 0 fully saturated rings. The third-order valence-corrected chi connectivity index (χ3v) is 2.93. The fourth-order valence-electron chi connectivity index (χ4n) is 1.68. The van der Waals surface area contributed by atoms with Crippen molar-refractivity contribution >= 4 is 29.9 Å². The molecule has 6 heteroatoms. The molecule has 0 radical (unpaired) electrons. The van der Waals surface area contributed by atoms with E-state index in [-0.39, 0.29) is 24.0 Å². The second-order valence-corrected chi connectivity index (χ2v) is 4.62. The fourth-order valence-corrected chi connectivity index (χ4v) is 1.68. The van der Waals surface area contributed by atoms with Crippen LogP contribution < -0.4 is 5.32 Å². The van der Waals surface area contributed by atoms with E-state index in [2.05, 4.69) is 40.8 Å². The van der Waals surface area contributed by atoms with E-state index in [9.17, 15) is 0 Å². The largest absolute Gasteiger partial charge is 0.383 e. The average Bonchev–Trinajstić information content (AvgIpc) is 2.41. The lowest BCUT2D eigenvalue weighted by Gasteiger charge is -2.23. The monoisotopic (exact) mass is 398 g/mol. The fraction of sp³-hybridized carbons (Fsp3) is 0.786. The summed E-state index contributed by atoms with van der Waals surface area (Å²) in [7, 11) is 7.71. The quantitative estimate of drug-likeness (QED) is 0.200. The Hall–Kier alpha value is -0.340. The lowest BCUT2D eigenvalue weighted by atomic mass is 10.3. The lowest BCUT2D eigenvalue weighted by Crippen LogP contribution is -2.42. The summed E-state index contributed by atoms with van der Waals surface area (Å²) in [6.45, 7) is 8.31. The molecular weight excluding hydrogens is 367 g/mol. The van der Waals surface area contributed by atoms with Gasteiger partial charge in [-0.1, -0.05) is 6.08 Å². The van der Waals surface area contributed by atoms with E-state index in [1.807, 2.05) is 13.1 Å². The predicted octanol–water partition coefficient (Wildman–Crippen LogP) is 1.66. The Balaban J connectivity index is 0. The number of nitrogens with zero attached hydrogens (tertiary/aromatic N) is 3. The number of halogens is 1. The highest BCUT2D eigenvalue weighted by molar-refractivity contribution is 14.0. The minimum absolute atomic E-state index is 0. The summed E-state index contributed by atoms with van der Waals surface area (Å²) in [5.41, 5.74) is 0. The van der Waals surface area contributed by atoms with Crippen LogP contribution in [0.2, 0.25) is 0 Å². The molecule has 0 heterocycles.